The molecule has 2 aromatic carbocycles. The van der Waals surface area contributed by atoms with E-state index in [0.29, 0.717) is 0 Å². The third kappa shape index (κ3) is 2.36. The van der Waals surface area contributed by atoms with Crippen molar-refractivity contribution in [3.8, 4) is 16.9 Å². The molecule has 3 rings (SSSR count). The Balaban J connectivity index is 2.35. The highest BCUT2D eigenvalue weighted by atomic mass is 19.4. The van der Waals surface area contributed by atoms with Gasteiger partial charge >= 0.3 is 6.18 Å². The second-order valence-corrected chi connectivity index (χ2v) is 4.72. The predicted octanol–water partition coefficient (Wildman–Crippen LogP) is 4.77. The van der Waals surface area contributed by atoms with Gasteiger partial charge in [-0.2, -0.15) is 13.2 Å². The van der Waals surface area contributed by atoms with Gasteiger partial charge in [0.15, 0.2) is 0 Å². The molecule has 0 fully saturated rings. The van der Waals surface area contributed by atoms with E-state index in [1.165, 1.54) is 36.5 Å². The van der Waals surface area contributed by atoms with E-state index in [1.807, 2.05) is 0 Å². The normalized spacial score (nSPS) is 11.8. The van der Waals surface area contributed by atoms with Gasteiger partial charge < -0.3 is 5.11 Å². The van der Waals surface area contributed by atoms with Crippen LogP contribution in [0.4, 0.5) is 17.6 Å². The van der Waals surface area contributed by atoms with Crippen molar-refractivity contribution in [1.29, 1.82) is 0 Å². The highest BCUT2D eigenvalue weighted by molar-refractivity contribution is 5.96. The van der Waals surface area contributed by atoms with E-state index in [9.17, 15) is 22.7 Å². The molecule has 1 N–H and O–H groups in total. The van der Waals surface area contributed by atoms with Crippen LogP contribution in [-0.2, 0) is 6.18 Å². The van der Waals surface area contributed by atoms with Crippen LogP contribution in [0.25, 0.3) is 22.0 Å². The molecule has 22 heavy (non-hydrogen) atoms. The Morgan fingerprint density at radius 3 is 2.45 bits per heavy atom. The first-order chi connectivity index (χ1) is 10.4. The molecule has 0 unspecified atom stereocenters. The monoisotopic (exact) mass is 307 g/mol. The highest BCUT2D eigenvalue weighted by Crippen LogP contribution is 2.37. The number of alkyl halides is 3. The van der Waals surface area contributed by atoms with Crippen molar-refractivity contribution in [2.24, 2.45) is 0 Å². The van der Waals surface area contributed by atoms with Gasteiger partial charge in [0.25, 0.3) is 0 Å². The first-order valence-electron chi connectivity index (χ1n) is 6.32. The number of benzene rings is 2. The molecule has 0 amide bonds. The maximum absolute atomic E-state index is 14.0. The van der Waals surface area contributed by atoms with Gasteiger partial charge in [-0.05, 0) is 35.9 Å². The fraction of sp³-hybridized carbons (Fsp3) is 0.0625. The van der Waals surface area contributed by atoms with E-state index in [0.717, 1.165) is 12.1 Å². The molecular formula is C16H9F4NO. The quantitative estimate of drug-likeness (QED) is 0.657. The Labute approximate surface area is 122 Å². The van der Waals surface area contributed by atoms with E-state index >= 15 is 0 Å². The molecule has 0 aliphatic carbocycles. The molecule has 1 aromatic heterocycles. The lowest BCUT2D eigenvalue weighted by atomic mass is 9.98. The third-order valence-corrected chi connectivity index (χ3v) is 3.32. The van der Waals surface area contributed by atoms with Gasteiger partial charge in [-0.1, -0.05) is 12.1 Å². The van der Waals surface area contributed by atoms with Crippen LogP contribution in [0.2, 0.25) is 0 Å². The standard InChI is InChI=1S/C16H9F4NO/c17-14-5-4-9(22)8-12(14)10-6-7-21-15-11(10)2-1-3-13(15)16(18,19)20/h1-8,22H. The minimum Gasteiger partial charge on any atom is -0.508 e. The lowest BCUT2D eigenvalue weighted by Crippen LogP contribution is -2.06. The lowest BCUT2D eigenvalue weighted by molar-refractivity contribution is -0.136. The topological polar surface area (TPSA) is 33.1 Å². The van der Waals surface area contributed by atoms with Crippen LogP contribution in [-0.4, -0.2) is 10.1 Å². The zero-order valence-corrected chi connectivity index (χ0v) is 11.0. The van der Waals surface area contributed by atoms with Crippen LogP contribution in [0.15, 0.2) is 48.7 Å². The molecule has 0 bridgehead atoms. The maximum atomic E-state index is 14.0. The van der Waals surface area contributed by atoms with Crippen LogP contribution >= 0.6 is 0 Å². The molecule has 1 heterocycles. The van der Waals surface area contributed by atoms with Crippen molar-refractivity contribution in [3.63, 3.8) is 0 Å². The number of phenols is 1. The van der Waals surface area contributed by atoms with E-state index in [4.69, 9.17) is 0 Å². The number of hydrogen-bond acceptors (Lipinski definition) is 2. The number of fused-ring (bicyclic) bond motifs is 1. The van der Waals surface area contributed by atoms with Crippen LogP contribution in [0.5, 0.6) is 5.75 Å². The minimum absolute atomic E-state index is 0.0201. The number of nitrogens with zero attached hydrogens (tertiary/aromatic N) is 1. The average molecular weight is 307 g/mol. The highest BCUT2D eigenvalue weighted by Gasteiger charge is 2.33. The van der Waals surface area contributed by atoms with Crippen LogP contribution in [0.1, 0.15) is 5.56 Å². The van der Waals surface area contributed by atoms with Crippen molar-refractivity contribution < 1.29 is 22.7 Å². The average Bonchev–Trinajstić information content (AvgIpc) is 2.47. The minimum atomic E-state index is -4.55. The molecule has 112 valence electrons. The van der Waals surface area contributed by atoms with Crippen molar-refractivity contribution in [3.05, 3.63) is 60.0 Å². The largest absolute Gasteiger partial charge is 0.508 e. The second-order valence-electron chi connectivity index (χ2n) is 4.72. The summed E-state index contributed by atoms with van der Waals surface area (Å²) in [7, 11) is 0. The summed E-state index contributed by atoms with van der Waals surface area (Å²) in [5.74, 6) is -0.809. The van der Waals surface area contributed by atoms with E-state index in [1.54, 1.807) is 0 Å². The fourth-order valence-corrected chi connectivity index (χ4v) is 2.36. The molecule has 0 atom stereocenters. The number of pyridine rings is 1. The second kappa shape index (κ2) is 4.98. The number of aromatic hydroxyl groups is 1. The Bertz CT molecular complexity index is 858. The zero-order valence-electron chi connectivity index (χ0n) is 11.0. The van der Waals surface area contributed by atoms with Gasteiger partial charge in [-0.25, -0.2) is 4.39 Å². The molecule has 0 spiro atoms. The molecule has 2 nitrogen and oxygen atoms in total. The molecule has 0 aliphatic heterocycles. The summed E-state index contributed by atoms with van der Waals surface area (Å²) >= 11 is 0. The maximum Gasteiger partial charge on any atom is 0.418 e. The predicted molar refractivity (Wildman–Crippen MR) is 73.8 cm³/mol. The summed E-state index contributed by atoms with van der Waals surface area (Å²) in [4.78, 5) is 3.78. The Hall–Kier alpha value is -2.63. The van der Waals surface area contributed by atoms with Crippen molar-refractivity contribution >= 4 is 10.9 Å². The fourth-order valence-electron chi connectivity index (χ4n) is 2.36. The van der Waals surface area contributed by atoms with Gasteiger partial charge in [0.1, 0.15) is 11.6 Å². The van der Waals surface area contributed by atoms with Crippen LogP contribution in [0.3, 0.4) is 0 Å². The number of hydrogen-bond donors (Lipinski definition) is 1. The SMILES string of the molecule is Oc1ccc(F)c(-c2ccnc3c(C(F)(F)F)cccc23)c1. The van der Waals surface area contributed by atoms with Gasteiger partial charge in [0.2, 0.25) is 0 Å². The summed E-state index contributed by atoms with van der Waals surface area (Å²) in [6, 6.07) is 8.43. The van der Waals surface area contributed by atoms with Gasteiger partial charge in [0.05, 0.1) is 11.1 Å². The first-order valence-corrected chi connectivity index (χ1v) is 6.32. The molecule has 0 radical (unpaired) electrons. The lowest BCUT2D eigenvalue weighted by Gasteiger charge is -2.12. The van der Waals surface area contributed by atoms with E-state index in [-0.39, 0.29) is 27.8 Å². The number of para-hydroxylation sites is 1. The zero-order chi connectivity index (χ0) is 15.9. The van der Waals surface area contributed by atoms with E-state index in [2.05, 4.69) is 4.98 Å². The van der Waals surface area contributed by atoms with Gasteiger partial charge in [0, 0.05) is 17.1 Å². The summed E-state index contributed by atoms with van der Waals surface area (Å²) < 4.78 is 53.1. The Morgan fingerprint density at radius 1 is 0.955 bits per heavy atom. The molecule has 3 aromatic rings. The summed E-state index contributed by atoms with van der Waals surface area (Å²) in [5.41, 5.74) is -0.876. The number of phenolic OH excluding ortho intramolecular Hbond substituents is 1. The van der Waals surface area contributed by atoms with Gasteiger partial charge in [-0.3, -0.25) is 4.98 Å². The van der Waals surface area contributed by atoms with Crippen molar-refractivity contribution in [2.75, 3.05) is 0 Å². The Kier molecular flexibility index (Phi) is 3.24. The van der Waals surface area contributed by atoms with Crippen molar-refractivity contribution in [1.82, 2.24) is 4.98 Å². The van der Waals surface area contributed by atoms with Gasteiger partial charge in [-0.15, -0.1) is 0 Å². The summed E-state index contributed by atoms with van der Waals surface area (Å²) in [6.07, 6.45) is -3.36. The number of aromatic nitrogens is 1. The Morgan fingerprint density at radius 2 is 1.73 bits per heavy atom. The van der Waals surface area contributed by atoms with Crippen LogP contribution in [0, 0.1) is 5.82 Å². The summed E-state index contributed by atoms with van der Waals surface area (Å²) in [5, 5.41) is 9.66. The number of rotatable bonds is 1. The molecule has 0 saturated carbocycles. The first kappa shape index (κ1) is 14.3. The van der Waals surface area contributed by atoms with E-state index < -0.39 is 17.6 Å². The summed E-state index contributed by atoms with van der Waals surface area (Å²) in [6.45, 7) is 0. The van der Waals surface area contributed by atoms with Crippen LogP contribution < -0.4 is 0 Å². The number of halogens is 4. The smallest absolute Gasteiger partial charge is 0.418 e. The third-order valence-electron chi connectivity index (χ3n) is 3.32. The molecule has 0 saturated heterocycles. The van der Waals surface area contributed by atoms with Crippen molar-refractivity contribution in [2.45, 2.75) is 6.18 Å². The molecule has 6 heteroatoms. The molecular weight excluding hydrogens is 298 g/mol. The molecule has 0 aliphatic rings.